The Balaban J connectivity index is 1.94. The number of hydrogen-bond acceptors (Lipinski definition) is 2. The highest BCUT2D eigenvalue weighted by Gasteiger charge is 2.43. The minimum absolute atomic E-state index is 0.692. The molecule has 2 heteroatoms. The van der Waals surface area contributed by atoms with Gasteiger partial charge in [-0.05, 0) is 63.2 Å². The van der Waals surface area contributed by atoms with E-state index < -0.39 is 0 Å². The van der Waals surface area contributed by atoms with Gasteiger partial charge in [0.05, 0.1) is 0 Å². The number of nitrogens with zero attached hydrogens (tertiary/aromatic N) is 1. The third kappa shape index (κ3) is 1.96. The minimum atomic E-state index is 0.692. The predicted molar refractivity (Wildman–Crippen MR) is 65.0 cm³/mol. The molecular formula is C12H23NS. The second-order valence-corrected chi connectivity index (χ2v) is 5.97. The molecule has 2 aliphatic rings. The third-order valence-corrected chi connectivity index (χ3v) is 4.78. The lowest BCUT2D eigenvalue weighted by molar-refractivity contribution is 0.222. The van der Waals surface area contributed by atoms with Crippen LogP contribution in [-0.4, -0.2) is 29.8 Å². The van der Waals surface area contributed by atoms with Gasteiger partial charge in [0.2, 0.25) is 0 Å². The molecule has 1 heterocycles. The zero-order valence-electron chi connectivity index (χ0n) is 9.50. The van der Waals surface area contributed by atoms with Crippen LogP contribution in [0.1, 0.15) is 39.5 Å². The van der Waals surface area contributed by atoms with Crippen LogP contribution in [0.4, 0.5) is 0 Å². The van der Waals surface area contributed by atoms with E-state index in [1.165, 1.54) is 38.8 Å². The van der Waals surface area contributed by atoms with Crippen LogP contribution in [0, 0.1) is 11.3 Å². The summed E-state index contributed by atoms with van der Waals surface area (Å²) in [7, 11) is 0. The number of hydrogen-bond donors (Lipinski definition) is 1. The van der Waals surface area contributed by atoms with Crippen molar-refractivity contribution in [2.24, 2.45) is 11.3 Å². The van der Waals surface area contributed by atoms with Crippen LogP contribution in [0.5, 0.6) is 0 Å². The van der Waals surface area contributed by atoms with Crippen molar-refractivity contribution in [1.29, 1.82) is 0 Å². The Hall–Kier alpha value is 0.310. The van der Waals surface area contributed by atoms with E-state index in [1.54, 1.807) is 0 Å². The molecule has 2 fully saturated rings. The van der Waals surface area contributed by atoms with Crippen molar-refractivity contribution in [3.8, 4) is 0 Å². The summed E-state index contributed by atoms with van der Waals surface area (Å²) in [5, 5.41) is 0. The van der Waals surface area contributed by atoms with Gasteiger partial charge in [0, 0.05) is 12.6 Å². The molecule has 82 valence electrons. The van der Waals surface area contributed by atoms with E-state index in [9.17, 15) is 0 Å². The van der Waals surface area contributed by atoms with Gasteiger partial charge in [0.1, 0.15) is 0 Å². The molecule has 0 amide bonds. The summed E-state index contributed by atoms with van der Waals surface area (Å²) >= 11 is 4.44. The Morgan fingerprint density at radius 3 is 2.71 bits per heavy atom. The highest BCUT2D eigenvalue weighted by Crippen LogP contribution is 2.48. The summed E-state index contributed by atoms with van der Waals surface area (Å²) in [6.45, 7) is 7.33. The van der Waals surface area contributed by atoms with Gasteiger partial charge in [-0.1, -0.05) is 0 Å². The van der Waals surface area contributed by atoms with Gasteiger partial charge in [0.25, 0.3) is 0 Å². The normalized spacial score (nSPS) is 39.0. The molecule has 1 nitrogen and oxygen atoms in total. The fourth-order valence-corrected chi connectivity index (χ4v) is 3.58. The van der Waals surface area contributed by atoms with E-state index in [2.05, 4.69) is 31.4 Å². The summed E-state index contributed by atoms with van der Waals surface area (Å²) in [6.07, 6.45) is 5.77. The Morgan fingerprint density at radius 2 is 2.21 bits per heavy atom. The van der Waals surface area contributed by atoms with Crippen molar-refractivity contribution in [3.05, 3.63) is 0 Å². The molecule has 0 N–H and O–H groups in total. The average molecular weight is 213 g/mol. The Labute approximate surface area is 93.7 Å². The molecule has 0 aromatic heterocycles. The molecule has 1 aliphatic carbocycles. The maximum Gasteiger partial charge on any atom is 0.00413 e. The SMILES string of the molecule is CC(C)N1CC[C@@]2(CC[C@H](CS)C2)C1. The first-order valence-corrected chi connectivity index (χ1v) is 6.63. The minimum Gasteiger partial charge on any atom is -0.300 e. The summed E-state index contributed by atoms with van der Waals surface area (Å²) in [6, 6.07) is 0.740. The predicted octanol–water partition coefficient (Wildman–Crippen LogP) is 2.82. The van der Waals surface area contributed by atoms with Crippen molar-refractivity contribution in [1.82, 2.24) is 4.90 Å². The van der Waals surface area contributed by atoms with Crippen molar-refractivity contribution in [3.63, 3.8) is 0 Å². The Kier molecular flexibility index (Phi) is 3.13. The molecule has 1 saturated carbocycles. The first-order chi connectivity index (χ1) is 6.65. The lowest BCUT2D eigenvalue weighted by Gasteiger charge is -2.26. The first kappa shape index (κ1) is 10.8. The van der Waals surface area contributed by atoms with Gasteiger partial charge in [-0.15, -0.1) is 0 Å². The van der Waals surface area contributed by atoms with Crippen LogP contribution in [-0.2, 0) is 0 Å². The maximum atomic E-state index is 4.44. The molecule has 14 heavy (non-hydrogen) atoms. The van der Waals surface area contributed by atoms with E-state index in [4.69, 9.17) is 0 Å². The van der Waals surface area contributed by atoms with Gasteiger partial charge < -0.3 is 4.90 Å². The van der Waals surface area contributed by atoms with Gasteiger partial charge in [-0.2, -0.15) is 12.6 Å². The Bertz CT molecular complexity index is 204. The highest BCUT2D eigenvalue weighted by atomic mass is 32.1. The van der Waals surface area contributed by atoms with Crippen LogP contribution in [0.2, 0.25) is 0 Å². The van der Waals surface area contributed by atoms with Crippen LogP contribution >= 0.6 is 12.6 Å². The van der Waals surface area contributed by atoms with Gasteiger partial charge in [-0.3, -0.25) is 0 Å². The van der Waals surface area contributed by atoms with Crippen LogP contribution < -0.4 is 0 Å². The van der Waals surface area contributed by atoms with Crippen LogP contribution in [0.15, 0.2) is 0 Å². The monoisotopic (exact) mass is 213 g/mol. The van der Waals surface area contributed by atoms with Crippen LogP contribution in [0.3, 0.4) is 0 Å². The number of rotatable bonds is 2. The highest BCUT2D eigenvalue weighted by molar-refractivity contribution is 7.80. The topological polar surface area (TPSA) is 3.24 Å². The maximum absolute atomic E-state index is 4.44. The molecule has 0 aromatic rings. The summed E-state index contributed by atoms with van der Waals surface area (Å²) in [4.78, 5) is 2.65. The van der Waals surface area contributed by atoms with E-state index in [0.717, 1.165) is 17.7 Å². The lowest BCUT2D eigenvalue weighted by Crippen LogP contribution is -2.31. The fraction of sp³-hybridized carbons (Fsp3) is 1.00. The molecule has 0 bridgehead atoms. The molecule has 1 saturated heterocycles. The number of likely N-dealkylation sites (tertiary alicyclic amines) is 1. The standard InChI is InChI=1S/C12H23NS/c1-10(2)13-6-5-12(9-13)4-3-11(7-12)8-14/h10-11,14H,3-9H2,1-2H3/t11-,12+/m0/s1. The molecular weight excluding hydrogens is 190 g/mol. The van der Waals surface area contributed by atoms with Crippen molar-refractivity contribution in [2.75, 3.05) is 18.8 Å². The van der Waals surface area contributed by atoms with Crippen molar-refractivity contribution < 1.29 is 0 Å². The average Bonchev–Trinajstić information content (AvgIpc) is 2.74. The van der Waals surface area contributed by atoms with E-state index in [1.807, 2.05) is 0 Å². The first-order valence-electron chi connectivity index (χ1n) is 6.00. The smallest absolute Gasteiger partial charge is 0.00413 e. The van der Waals surface area contributed by atoms with E-state index in [-0.39, 0.29) is 0 Å². The lowest BCUT2D eigenvalue weighted by atomic mass is 9.85. The molecule has 2 atom stereocenters. The quantitative estimate of drug-likeness (QED) is 0.690. The van der Waals surface area contributed by atoms with Crippen LogP contribution in [0.25, 0.3) is 0 Å². The largest absolute Gasteiger partial charge is 0.300 e. The molecule has 1 spiro atoms. The van der Waals surface area contributed by atoms with Gasteiger partial charge in [0.15, 0.2) is 0 Å². The number of thiol groups is 1. The molecule has 0 aromatic carbocycles. The second-order valence-electron chi connectivity index (χ2n) is 5.61. The fourth-order valence-electron chi connectivity index (χ4n) is 3.26. The zero-order chi connectivity index (χ0) is 10.2. The molecule has 0 unspecified atom stereocenters. The van der Waals surface area contributed by atoms with Gasteiger partial charge >= 0.3 is 0 Å². The van der Waals surface area contributed by atoms with E-state index in [0.29, 0.717) is 5.41 Å². The summed E-state index contributed by atoms with van der Waals surface area (Å²) in [5.74, 6) is 2.01. The van der Waals surface area contributed by atoms with Gasteiger partial charge in [-0.25, -0.2) is 0 Å². The summed E-state index contributed by atoms with van der Waals surface area (Å²) in [5.41, 5.74) is 0.692. The zero-order valence-corrected chi connectivity index (χ0v) is 10.4. The third-order valence-electron chi connectivity index (χ3n) is 4.26. The van der Waals surface area contributed by atoms with Crippen molar-refractivity contribution in [2.45, 2.75) is 45.6 Å². The summed E-state index contributed by atoms with van der Waals surface area (Å²) < 4.78 is 0. The van der Waals surface area contributed by atoms with Crippen molar-refractivity contribution >= 4 is 12.6 Å². The Morgan fingerprint density at radius 1 is 1.43 bits per heavy atom. The second kappa shape index (κ2) is 4.05. The molecule has 0 radical (unpaired) electrons. The van der Waals surface area contributed by atoms with E-state index >= 15 is 0 Å². The molecule has 1 aliphatic heterocycles. The molecule has 2 rings (SSSR count).